The van der Waals surface area contributed by atoms with Crippen molar-refractivity contribution in [1.29, 1.82) is 0 Å². The van der Waals surface area contributed by atoms with Crippen LogP contribution in [0.25, 0.3) is 10.9 Å². The van der Waals surface area contributed by atoms with Crippen molar-refractivity contribution in [2.75, 3.05) is 18.0 Å². The molecule has 0 radical (unpaired) electrons. The minimum atomic E-state index is -3.10. The quantitative estimate of drug-likeness (QED) is 0.716. The summed E-state index contributed by atoms with van der Waals surface area (Å²) in [6.07, 6.45) is 0.928. The fourth-order valence-electron chi connectivity index (χ4n) is 4.96. The molecule has 0 amide bonds. The number of carboxylic acid groups (broad SMARTS) is 1. The second kappa shape index (κ2) is 6.21. The first kappa shape index (κ1) is 20.3. The fraction of sp³-hybridized carbons (Fsp3) is 0.524. The number of fused-ring (bicyclic) bond motifs is 1. The lowest BCUT2D eigenvalue weighted by atomic mass is 9.94. The van der Waals surface area contributed by atoms with Crippen LogP contribution in [0.3, 0.4) is 0 Å². The molecule has 10 heteroatoms. The second-order valence-electron chi connectivity index (χ2n) is 9.06. The monoisotopic (exact) mass is 439 g/mol. The molecule has 1 saturated heterocycles. The SMILES string of the molecule is Cc1c(N2C[C@H](C3(N)CC3)C(F)(F)C2)c(F)cc2c(=O)c(C(=O)O)cn([C@@H]3C[C@@H]3F)c12. The number of pyridine rings is 1. The number of anilines is 1. The molecule has 1 aliphatic heterocycles. The lowest BCUT2D eigenvalue weighted by molar-refractivity contribution is -0.0332. The molecular formula is C21H21F4N3O3. The molecule has 1 aromatic carbocycles. The minimum absolute atomic E-state index is 0.0915. The number of aromatic nitrogens is 1. The normalized spacial score (nSPS) is 28.2. The second-order valence-corrected chi connectivity index (χ2v) is 9.06. The predicted molar refractivity (Wildman–Crippen MR) is 105 cm³/mol. The first-order chi connectivity index (χ1) is 14.4. The van der Waals surface area contributed by atoms with Crippen LogP contribution in [0.2, 0.25) is 0 Å². The summed E-state index contributed by atoms with van der Waals surface area (Å²) in [5.41, 5.74) is 3.86. The van der Waals surface area contributed by atoms with E-state index in [4.69, 9.17) is 5.73 Å². The van der Waals surface area contributed by atoms with Gasteiger partial charge in [-0.1, -0.05) is 0 Å². The Hall–Kier alpha value is -2.62. The molecule has 166 valence electrons. The third-order valence-corrected chi connectivity index (χ3v) is 6.90. The van der Waals surface area contributed by atoms with Crippen LogP contribution in [-0.4, -0.2) is 46.4 Å². The van der Waals surface area contributed by atoms with Crippen LogP contribution in [0, 0.1) is 18.7 Å². The number of aryl methyl sites for hydroxylation is 1. The van der Waals surface area contributed by atoms with Crippen LogP contribution in [0.1, 0.15) is 41.2 Å². The minimum Gasteiger partial charge on any atom is -0.477 e. The summed E-state index contributed by atoms with van der Waals surface area (Å²) >= 11 is 0. The molecule has 3 fully saturated rings. The fourth-order valence-corrected chi connectivity index (χ4v) is 4.96. The highest BCUT2D eigenvalue weighted by molar-refractivity contribution is 5.95. The van der Waals surface area contributed by atoms with E-state index in [1.54, 1.807) is 0 Å². The van der Waals surface area contributed by atoms with E-state index in [9.17, 15) is 27.9 Å². The maximum Gasteiger partial charge on any atom is 0.341 e. The van der Waals surface area contributed by atoms with Crippen molar-refractivity contribution >= 4 is 22.6 Å². The van der Waals surface area contributed by atoms with Gasteiger partial charge in [-0.05, 0) is 31.4 Å². The number of alkyl halides is 3. The molecule has 0 spiro atoms. The number of carboxylic acids is 1. The number of rotatable bonds is 4. The Morgan fingerprint density at radius 3 is 2.52 bits per heavy atom. The highest BCUT2D eigenvalue weighted by Gasteiger charge is 2.61. The highest BCUT2D eigenvalue weighted by Crippen LogP contribution is 2.51. The first-order valence-corrected chi connectivity index (χ1v) is 10.1. The molecular weight excluding hydrogens is 418 g/mol. The van der Waals surface area contributed by atoms with E-state index >= 15 is 4.39 Å². The third-order valence-electron chi connectivity index (χ3n) is 6.90. The van der Waals surface area contributed by atoms with Gasteiger partial charge in [-0.3, -0.25) is 4.79 Å². The van der Waals surface area contributed by atoms with Gasteiger partial charge in [-0.25, -0.2) is 22.4 Å². The van der Waals surface area contributed by atoms with Crippen molar-refractivity contribution < 1.29 is 27.5 Å². The van der Waals surface area contributed by atoms with E-state index in [1.807, 2.05) is 0 Å². The molecule has 0 unspecified atom stereocenters. The van der Waals surface area contributed by atoms with Crippen LogP contribution in [0.5, 0.6) is 0 Å². The van der Waals surface area contributed by atoms with E-state index in [0.717, 1.165) is 12.3 Å². The number of halogens is 4. The number of benzene rings is 1. The van der Waals surface area contributed by atoms with Crippen molar-refractivity contribution in [3.8, 4) is 0 Å². The average molecular weight is 439 g/mol. The van der Waals surface area contributed by atoms with E-state index in [-0.39, 0.29) is 35.1 Å². The molecule has 3 atom stereocenters. The summed E-state index contributed by atoms with van der Waals surface area (Å²) in [6, 6.07) is 0.184. The van der Waals surface area contributed by atoms with Gasteiger partial charge < -0.3 is 20.3 Å². The number of hydrogen-bond acceptors (Lipinski definition) is 4. The Labute approximate surface area is 174 Å². The van der Waals surface area contributed by atoms with E-state index in [0.29, 0.717) is 12.8 Å². The zero-order valence-electron chi connectivity index (χ0n) is 16.7. The van der Waals surface area contributed by atoms with Gasteiger partial charge in [0.15, 0.2) is 0 Å². The highest BCUT2D eigenvalue weighted by atomic mass is 19.3. The maximum absolute atomic E-state index is 15.2. The van der Waals surface area contributed by atoms with Gasteiger partial charge in [0.05, 0.1) is 29.7 Å². The molecule has 1 aromatic heterocycles. The Bertz CT molecular complexity index is 1190. The van der Waals surface area contributed by atoms with Gasteiger partial charge in [0.25, 0.3) is 5.92 Å². The zero-order chi connectivity index (χ0) is 22.5. The summed E-state index contributed by atoms with van der Waals surface area (Å²) in [7, 11) is 0. The summed E-state index contributed by atoms with van der Waals surface area (Å²) in [5, 5.41) is 9.14. The Morgan fingerprint density at radius 2 is 1.97 bits per heavy atom. The van der Waals surface area contributed by atoms with Crippen LogP contribution >= 0.6 is 0 Å². The molecule has 2 saturated carbocycles. The number of hydrogen-bond donors (Lipinski definition) is 2. The number of nitrogens with zero attached hydrogens (tertiary/aromatic N) is 2. The van der Waals surface area contributed by atoms with Gasteiger partial charge in [0.2, 0.25) is 5.43 Å². The van der Waals surface area contributed by atoms with E-state index in [2.05, 4.69) is 0 Å². The molecule has 2 aromatic rings. The maximum atomic E-state index is 15.2. The Balaban J connectivity index is 1.70. The molecule has 2 heterocycles. The van der Waals surface area contributed by atoms with Gasteiger partial charge in [-0.2, -0.15) is 0 Å². The summed E-state index contributed by atoms with van der Waals surface area (Å²) < 4.78 is 59.8. The van der Waals surface area contributed by atoms with Crippen molar-refractivity contribution in [2.45, 2.75) is 49.9 Å². The molecule has 5 rings (SSSR count). The summed E-state index contributed by atoms with van der Waals surface area (Å²) in [5.74, 6) is -6.63. The van der Waals surface area contributed by atoms with E-state index < -0.39 is 58.9 Å². The lowest BCUT2D eigenvalue weighted by Gasteiger charge is -2.24. The van der Waals surface area contributed by atoms with Crippen LogP contribution in [0.15, 0.2) is 17.1 Å². The van der Waals surface area contributed by atoms with Crippen molar-refractivity contribution in [1.82, 2.24) is 4.57 Å². The Morgan fingerprint density at radius 1 is 1.32 bits per heavy atom. The molecule has 3 N–H and O–H groups in total. The molecule has 2 aliphatic carbocycles. The number of carbonyl (C=O) groups is 1. The smallest absolute Gasteiger partial charge is 0.341 e. The van der Waals surface area contributed by atoms with Crippen molar-refractivity contribution in [3.05, 3.63) is 39.4 Å². The molecule has 31 heavy (non-hydrogen) atoms. The van der Waals surface area contributed by atoms with Crippen LogP contribution in [0.4, 0.5) is 23.2 Å². The van der Waals surface area contributed by atoms with Crippen molar-refractivity contribution in [2.24, 2.45) is 11.7 Å². The van der Waals surface area contributed by atoms with Crippen LogP contribution in [-0.2, 0) is 0 Å². The Kier molecular flexibility index (Phi) is 4.07. The predicted octanol–water partition coefficient (Wildman–Crippen LogP) is 2.99. The standard InChI is InChI=1S/C21H21F4N3O3/c1-9-16-10(18(29)11(19(30)31)6-28(16)14-5-12(14)22)4-13(23)17(9)27-7-15(20(26)2-3-20)21(24,25)8-27/h4,6,12,14-15H,2-3,5,7-8,26H2,1H3,(H,30,31)/t12-,14+,15+/m0/s1. The molecule has 6 nitrogen and oxygen atoms in total. The largest absolute Gasteiger partial charge is 0.477 e. The van der Waals surface area contributed by atoms with Crippen LogP contribution < -0.4 is 16.1 Å². The van der Waals surface area contributed by atoms with Crippen molar-refractivity contribution in [3.63, 3.8) is 0 Å². The summed E-state index contributed by atoms with van der Waals surface area (Å²) in [6.45, 7) is 0.624. The molecule has 0 bridgehead atoms. The topological polar surface area (TPSA) is 88.6 Å². The summed E-state index contributed by atoms with van der Waals surface area (Å²) in [4.78, 5) is 25.4. The van der Waals surface area contributed by atoms with Gasteiger partial charge in [-0.15, -0.1) is 0 Å². The number of aromatic carboxylic acids is 1. The zero-order valence-corrected chi connectivity index (χ0v) is 16.7. The lowest BCUT2D eigenvalue weighted by Crippen LogP contribution is -2.43. The number of nitrogens with two attached hydrogens (primary N) is 1. The third kappa shape index (κ3) is 2.95. The van der Waals surface area contributed by atoms with Gasteiger partial charge >= 0.3 is 5.97 Å². The molecule has 3 aliphatic rings. The van der Waals surface area contributed by atoms with E-state index in [1.165, 1.54) is 16.4 Å². The average Bonchev–Trinajstić information content (AvgIpc) is 3.56. The van der Waals surface area contributed by atoms with Gasteiger partial charge in [0.1, 0.15) is 17.6 Å². The first-order valence-electron chi connectivity index (χ1n) is 10.1. The van der Waals surface area contributed by atoms with Gasteiger partial charge in [0, 0.05) is 30.1 Å².